The van der Waals surface area contributed by atoms with Gasteiger partial charge in [-0.25, -0.2) is 0 Å². The molecule has 0 bridgehead atoms. The Morgan fingerprint density at radius 2 is 2.11 bits per heavy atom. The summed E-state index contributed by atoms with van der Waals surface area (Å²) in [6.45, 7) is 7.31. The van der Waals surface area contributed by atoms with Gasteiger partial charge in [0.15, 0.2) is 0 Å². The zero-order chi connectivity index (χ0) is 14.6. The quantitative estimate of drug-likeness (QED) is 0.831. The van der Waals surface area contributed by atoms with Crippen LogP contribution in [0.2, 0.25) is 0 Å². The van der Waals surface area contributed by atoms with Crippen molar-refractivity contribution in [1.82, 2.24) is 4.90 Å². The molecule has 1 aliphatic carbocycles. The molecule has 0 radical (unpaired) electrons. The summed E-state index contributed by atoms with van der Waals surface area (Å²) in [5, 5.41) is 9.70. The Kier molecular flexibility index (Phi) is 5.81. The van der Waals surface area contributed by atoms with Crippen molar-refractivity contribution in [3.63, 3.8) is 0 Å². The maximum atomic E-state index is 12.4. The number of hydrogen-bond donors (Lipinski definition) is 1. The minimum atomic E-state index is -0.604. The van der Waals surface area contributed by atoms with Gasteiger partial charge in [0.2, 0.25) is 5.91 Å². The Labute approximate surface area is 117 Å². The summed E-state index contributed by atoms with van der Waals surface area (Å²) < 4.78 is 4.89. The molecule has 1 fully saturated rings. The van der Waals surface area contributed by atoms with Crippen LogP contribution in [0.5, 0.6) is 0 Å². The molecule has 3 unspecified atom stereocenters. The zero-order valence-electron chi connectivity index (χ0n) is 13.0. The van der Waals surface area contributed by atoms with E-state index in [1.54, 1.807) is 19.1 Å². The second kappa shape index (κ2) is 6.71. The molecule has 0 aromatic heterocycles. The number of hydrogen-bond acceptors (Lipinski definition) is 3. The Morgan fingerprint density at radius 1 is 1.47 bits per heavy atom. The molecule has 1 aliphatic rings. The highest BCUT2D eigenvalue weighted by Crippen LogP contribution is 2.42. The van der Waals surface area contributed by atoms with Gasteiger partial charge in [0, 0.05) is 26.6 Å². The lowest BCUT2D eigenvalue weighted by Gasteiger charge is -2.39. The average molecular weight is 271 g/mol. The summed E-state index contributed by atoms with van der Waals surface area (Å²) in [5.74, 6) is 0.850. The molecule has 0 saturated heterocycles. The predicted octanol–water partition coefficient (Wildman–Crippen LogP) is 1.91. The third kappa shape index (κ3) is 5.11. The molecule has 19 heavy (non-hydrogen) atoms. The van der Waals surface area contributed by atoms with Crippen LogP contribution < -0.4 is 0 Å². The van der Waals surface area contributed by atoms with E-state index < -0.39 is 6.10 Å². The molecule has 0 spiro atoms. The zero-order valence-corrected chi connectivity index (χ0v) is 13.0. The summed E-state index contributed by atoms with van der Waals surface area (Å²) in [6, 6.07) is 0. The summed E-state index contributed by atoms with van der Waals surface area (Å²) in [4.78, 5) is 14.1. The molecule has 0 aromatic rings. The Hall–Kier alpha value is -0.610. The molecule has 1 saturated carbocycles. The number of aliphatic hydroxyl groups excluding tert-OH is 1. The highest BCUT2D eigenvalue weighted by Gasteiger charge is 2.36. The third-order valence-electron chi connectivity index (χ3n) is 3.96. The number of carbonyl (C=O) groups excluding carboxylic acids is 1. The molecule has 0 heterocycles. The first-order chi connectivity index (χ1) is 8.75. The second-order valence-electron chi connectivity index (χ2n) is 6.94. The molecule has 3 atom stereocenters. The Morgan fingerprint density at radius 3 is 2.63 bits per heavy atom. The number of amides is 1. The molecular weight excluding hydrogens is 242 g/mol. The molecule has 1 amide bonds. The summed E-state index contributed by atoms with van der Waals surface area (Å²) in [7, 11) is 3.32. The van der Waals surface area contributed by atoms with Gasteiger partial charge in [0.05, 0.1) is 12.7 Å². The number of ether oxygens (including phenoxy) is 1. The van der Waals surface area contributed by atoms with E-state index in [9.17, 15) is 9.90 Å². The fraction of sp³-hybridized carbons (Fsp3) is 0.933. The highest BCUT2D eigenvalue weighted by atomic mass is 16.5. The number of methoxy groups -OCH3 is 1. The number of likely N-dealkylation sites (N-methyl/N-ethyl adjacent to an activating group) is 1. The Bertz CT molecular complexity index is 304. The van der Waals surface area contributed by atoms with E-state index in [-0.39, 0.29) is 23.8 Å². The van der Waals surface area contributed by atoms with Gasteiger partial charge in [-0.3, -0.25) is 4.79 Å². The van der Waals surface area contributed by atoms with E-state index in [2.05, 4.69) is 20.8 Å². The molecule has 4 heteroatoms. The van der Waals surface area contributed by atoms with E-state index >= 15 is 0 Å². The molecule has 1 N–H and O–H groups in total. The van der Waals surface area contributed by atoms with Gasteiger partial charge in [0.1, 0.15) is 0 Å². The van der Waals surface area contributed by atoms with E-state index in [1.165, 1.54) is 6.42 Å². The van der Waals surface area contributed by atoms with Crippen molar-refractivity contribution in [2.24, 2.45) is 17.3 Å². The first-order valence-corrected chi connectivity index (χ1v) is 7.17. The van der Waals surface area contributed by atoms with Crippen LogP contribution in [0.3, 0.4) is 0 Å². The van der Waals surface area contributed by atoms with Gasteiger partial charge in [0.25, 0.3) is 0 Å². The summed E-state index contributed by atoms with van der Waals surface area (Å²) in [5.41, 5.74) is 0.240. The van der Waals surface area contributed by atoms with Crippen molar-refractivity contribution in [3.8, 4) is 0 Å². The summed E-state index contributed by atoms with van der Waals surface area (Å²) >= 11 is 0. The third-order valence-corrected chi connectivity index (χ3v) is 3.96. The Balaban J connectivity index is 2.56. The average Bonchev–Trinajstić information content (AvgIpc) is 2.25. The monoisotopic (exact) mass is 271 g/mol. The fourth-order valence-corrected chi connectivity index (χ4v) is 3.50. The standard InChI is InChI=1S/C15H29NO3/c1-11-6-12(8-15(2,3)7-11)14(18)16(4)9-13(17)10-19-5/h11-13,17H,6-10H2,1-5H3. The fourth-order valence-electron chi connectivity index (χ4n) is 3.50. The normalized spacial score (nSPS) is 27.9. The van der Waals surface area contributed by atoms with Gasteiger partial charge >= 0.3 is 0 Å². The van der Waals surface area contributed by atoms with Crippen molar-refractivity contribution in [2.45, 2.75) is 46.1 Å². The SMILES string of the molecule is COCC(O)CN(C)C(=O)C1CC(C)CC(C)(C)C1. The minimum Gasteiger partial charge on any atom is -0.389 e. The maximum Gasteiger partial charge on any atom is 0.225 e. The second-order valence-corrected chi connectivity index (χ2v) is 6.94. The highest BCUT2D eigenvalue weighted by molar-refractivity contribution is 5.78. The smallest absolute Gasteiger partial charge is 0.225 e. The van der Waals surface area contributed by atoms with E-state index in [4.69, 9.17) is 4.74 Å². The van der Waals surface area contributed by atoms with Crippen LogP contribution in [0, 0.1) is 17.3 Å². The van der Waals surface area contributed by atoms with Crippen LogP contribution in [0.4, 0.5) is 0 Å². The van der Waals surface area contributed by atoms with E-state index in [0.29, 0.717) is 12.5 Å². The van der Waals surface area contributed by atoms with Crippen molar-refractivity contribution < 1.29 is 14.6 Å². The van der Waals surface area contributed by atoms with Crippen LogP contribution >= 0.6 is 0 Å². The number of carbonyl (C=O) groups is 1. The first-order valence-electron chi connectivity index (χ1n) is 7.17. The number of rotatable bonds is 5. The van der Waals surface area contributed by atoms with Crippen molar-refractivity contribution in [1.29, 1.82) is 0 Å². The first kappa shape index (κ1) is 16.4. The number of aliphatic hydroxyl groups is 1. The van der Waals surface area contributed by atoms with Crippen molar-refractivity contribution in [2.75, 3.05) is 27.3 Å². The van der Waals surface area contributed by atoms with Crippen LogP contribution in [0.15, 0.2) is 0 Å². The lowest BCUT2D eigenvalue weighted by Crippen LogP contribution is -2.42. The van der Waals surface area contributed by atoms with E-state index in [1.807, 2.05) is 0 Å². The molecule has 4 nitrogen and oxygen atoms in total. The summed E-state index contributed by atoms with van der Waals surface area (Å²) in [6.07, 6.45) is 2.49. The van der Waals surface area contributed by atoms with Crippen LogP contribution in [0.25, 0.3) is 0 Å². The van der Waals surface area contributed by atoms with Gasteiger partial charge in [-0.1, -0.05) is 20.8 Å². The molecule has 112 valence electrons. The molecule has 0 aliphatic heterocycles. The predicted molar refractivity (Wildman–Crippen MR) is 75.8 cm³/mol. The minimum absolute atomic E-state index is 0.0958. The largest absolute Gasteiger partial charge is 0.389 e. The topological polar surface area (TPSA) is 49.8 Å². The van der Waals surface area contributed by atoms with Gasteiger partial charge in [-0.05, 0) is 30.6 Å². The lowest BCUT2D eigenvalue weighted by molar-refractivity contribution is -0.139. The van der Waals surface area contributed by atoms with Crippen molar-refractivity contribution >= 4 is 5.91 Å². The number of nitrogens with zero attached hydrogens (tertiary/aromatic N) is 1. The van der Waals surface area contributed by atoms with Crippen LogP contribution in [-0.4, -0.2) is 49.3 Å². The van der Waals surface area contributed by atoms with Crippen LogP contribution in [0.1, 0.15) is 40.0 Å². The lowest BCUT2D eigenvalue weighted by atomic mass is 9.67. The van der Waals surface area contributed by atoms with Gasteiger partial charge in [-0.15, -0.1) is 0 Å². The maximum absolute atomic E-state index is 12.4. The van der Waals surface area contributed by atoms with Gasteiger partial charge < -0.3 is 14.7 Å². The van der Waals surface area contributed by atoms with Crippen molar-refractivity contribution in [3.05, 3.63) is 0 Å². The molecular formula is C15H29NO3. The molecule has 0 aromatic carbocycles. The van der Waals surface area contributed by atoms with Crippen LogP contribution in [-0.2, 0) is 9.53 Å². The molecule has 1 rings (SSSR count). The van der Waals surface area contributed by atoms with E-state index in [0.717, 1.165) is 12.8 Å². The van der Waals surface area contributed by atoms with Gasteiger partial charge in [-0.2, -0.15) is 0 Å².